The molecule has 0 fully saturated rings. The SMILES string of the molecule is [O]=[Sb]([O-])([O-])[O-].[O]=[Sb]([O-])([O-])[O-].[O]=[Sb]([O-])([O-])[O-].[O]=[Sb]([O-])([O-])[O-].[Sn+4].[Sn+4].[Sn+4]. The van der Waals surface area contributed by atoms with Gasteiger partial charge < -0.3 is 0 Å². The summed E-state index contributed by atoms with van der Waals surface area (Å²) in [7, 11) is 0. The molecule has 0 aromatic heterocycles. The molecule has 0 amide bonds. The Morgan fingerprint density at radius 3 is 0.304 bits per heavy atom. The van der Waals surface area contributed by atoms with Crippen LogP contribution in [-0.4, -0.2) is 152 Å². The van der Waals surface area contributed by atoms with E-state index >= 15 is 0 Å². The fraction of sp³-hybridized carbons (Fsp3) is 0. The van der Waals surface area contributed by atoms with E-state index in [1.165, 1.54) is 0 Å². The van der Waals surface area contributed by atoms with Crippen LogP contribution in [0.5, 0.6) is 0 Å². The van der Waals surface area contributed by atoms with Gasteiger partial charge in [-0.15, -0.1) is 0 Å². The van der Waals surface area contributed by atoms with Crippen LogP contribution in [0.3, 0.4) is 0 Å². The molecule has 0 saturated carbocycles. The topological polar surface area (TPSA) is 345 Å². The molecule has 0 aliphatic rings. The average Bonchev–Trinajstić information content (AvgIpc) is 1.62. The maximum Gasteiger partial charge on any atom is 4.00 e. The van der Waals surface area contributed by atoms with Crippen LogP contribution in [0, 0.1) is 0 Å². The van der Waals surface area contributed by atoms with Crippen LogP contribution >= 0.6 is 0 Å². The Hall–Kier alpha value is 4.39. The van der Waals surface area contributed by atoms with Gasteiger partial charge in [0.1, 0.15) is 0 Å². The summed E-state index contributed by atoms with van der Waals surface area (Å²) in [6.45, 7) is 0. The van der Waals surface area contributed by atoms with E-state index in [1.54, 1.807) is 0 Å². The Morgan fingerprint density at radius 2 is 0.304 bits per heavy atom. The van der Waals surface area contributed by atoms with Crippen molar-refractivity contribution in [3.05, 3.63) is 0 Å². The van der Waals surface area contributed by atoms with Crippen molar-refractivity contribution in [2.24, 2.45) is 0 Å². The maximum atomic E-state index is 8.64. The molecule has 0 rings (SSSR count). The first-order valence-electron chi connectivity index (χ1n) is 2.92. The molecule has 0 heterocycles. The molecule has 0 aromatic carbocycles. The third kappa shape index (κ3) is 815. The van der Waals surface area contributed by atoms with Gasteiger partial charge >= 0.3 is 205 Å². The number of rotatable bonds is 0. The zero-order chi connectivity index (χ0) is 18.0. The minimum Gasteiger partial charge on any atom is 4.00 e. The molecular formula is O16Sb4Sn3. The van der Waals surface area contributed by atoms with Crippen molar-refractivity contribution in [3.8, 4) is 0 Å². The fourth-order valence-electron chi connectivity index (χ4n) is 0. The summed E-state index contributed by atoms with van der Waals surface area (Å²) in [5.74, 6) is 0. The summed E-state index contributed by atoms with van der Waals surface area (Å²) in [5.41, 5.74) is 0. The van der Waals surface area contributed by atoms with Crippen molar-refractivity contribution in [3.63, 3.8) is 0 Å². The Labute approximate surface area is 200 Å². The molecule has 0 N–H and O–H groups in total. The molecule has 23 heavy (non-hydrogen) atoms. The zero-order valence-electron chi connectivity index (χ0n) is 9.82. The van der Waals surface area contributed by atoms with E-state index < -0.39 is 80.2 Å². The normalized spacial score (nSPS) is 10.3. The Morgan fingerprint density at radius 1 is 0.304 bits per heavy atom. The van der Waals surface area contributed by atoms with E-state index in [0.29, 0.717) is 0 Å². The second-order valence-corrected chi connectivity index (χ2v) is 12.0. The predicted molar refractivity (Wildman–Crippen MR) is 43.0 cm³/mol. The molecule has 0 bridgehead atoms. The van der Waals surface area contributed by atoms with Gasteiger partial charge in [0, 0.05) is 0 Å². The standard InChI is InChI=1S/16O.4Sb.3Sn/q;;;;12*-1;;;;;3*+4. The van der Waals surface area contributed by atoms with Crippen molar-refractivity contribution >= 4 is 152 Å². The van der Waals surface area contributed by atoms with Gasteiger partial charge in [0.05, 0.1) is 0 Å². The van der Waals surface area contributed by atoms with Gasteiger partial charge in [-0.25, -0.2) is 0 Å². The summed E-state index contributed by atoms with van der Waals surface area (Å²) in [6, 6.07) is 0. The molecule has 0 saturated heterocycles. The molecule has 128 valence electrons. The summed E-state index contributed by atoms with van der Waals surface area (Å²) in [4.78, 5) is 0. The monoisotopic (exact) mass is 1100 g/mol. The van der Waals surface area contributed by atoms with Crippen LogP contribution in [0.2, 0.25) is 0 Å². The molecule has 16 nitrogen and oxygen atoms in total. The first-order valence-corrected chi connectivity index (χ1v) is 19.6. The van der Waals surface area contributed by atoms with Gasteiger partial charge in [0.2, 0.25) is 0 Å². The van der Waals surface area contributed by atoms with E-state index in [-0.39, 0.29) is 71.7 Å². The van der Waals surface area contributed by atoms with Gasteiger partial charge in [-0.05, 0) is 0 Å². The van der Waals surface area contributed by atoms with Crippen molar-refractivity contribution in [1.29, 1.82) is 0 Å². The maximum absolute atomic E-state index is 8.64. The third-order valence-corrected chi connectivity index (χ3v) is 0. The van der Waals surface area contributed by atoms with Gasteiger partial charge in [-0.1, -0.05) is 0 Å². The minimum absolute atomic E-state index is 0. The van der Waals surface area contributed by atoms with E-state index in [2.05, 4.69) is 0 Å². The molecule has 0 aliphatic heterocycles. The van der Waals surface area contributed by atoms with Crippen molar-refractivity contribution < 1.29 is 52.7 Å². The van der Waals surface area contributed by atoms with Gasteiger partial charge in [0.15, 0.2) is 0 Å². The van der Waals surface area contributed by atoms with Crippen LogP contribution in [0.25, 0.3) is 0 Å². The third-order valence-electron chi connectivity index (χ3n) is 0. The fourth-order valence-corrected chi connectivity index (χ4v) is 0. The molecule has 0 aromatic rings. The van der Waals surface area contributed by atoms with E-state index in [9.17, 15) is 0 Å². The van der Waals surface area contributed by atoms with Gasteiger partial charge in [0.25, 0.3) is 0 Å². The largest absolute Gasteiger partial charge is 4.00 e. The summed E-state index contributed by atoms with van der Waals surface area (Å²) < 4.78 is 138. The van der Waals surface area contributed by atoms with E-state index in [1.807, 2.05) is 0 Å². The molecular weight excluding hydrogens is 1100 g/mol. The predicted octanol–water partition coefficient (Wildman–Crippen LogP) is -17.4. The van der Waals surface area contributed by atoms with Crippen LogP contribution in [-0.2, 0) is 12.1 Å². The summed E-state index contributed by atoms with van der Waals surface area (Å²) in [5, 5.41) is 0. The Bertz CT molecular complexity index is 292. The molecule has 0 spiro atoms. The second kappa shape index (κ2) is 21.1. The molecule has 23 heteroatoms. The van der Waals surface area contributed by atoms with Crippen LogP contribution < -0.4 is 40.6 Å². The number of hydrogen-bond donors (Lipinski definition) is 0. The minimum atomic E-state index is -6.10. The molecule has 0 radical (unpaired) electrons. The Balaban J connectivity index is -0.0000000284. The Kier molecular flexibility index (Phi) is 42.1. The van der Waals surface area contributed by atoms with Crippen molar-refractivity contribution in [1.82, 2.24) is 0 Å². The molecule has 0 atom stereocenters. The van der Waals surface area contributed by atoms with Gasteiger partial charge in [-0.3, -0.25) is 0 Å². The summed E-state index contributed by atoms with van der Waals surface area (Å²) in [6.07, 6.45) is 0. The zero-order valence-corrected chi connectivity index (χ0v) is 28.6. The van der Waals surface area contributed by atoms with Crippen molar-refractivity contribution in [2.45, 2.75) is 0 Å². The van der Waals surface area contributed by atoms with Gasteiger partial charge in [-0.2, -0.15) is 0 Å². The van der Waals surface area contributed by atoms with Crippen molar-refractivity contribution in [2.75, 3.05) is 0 Å². The van der Waals surface area contributed by atoms with E-state index in [0.717, 1.165) is 0 Å². The number of hydrogen-bond acceptors (Lipinski definition) is 16. The first kappa shape index (κ1) is 45.9. The second-order valence-electron chi connectivity index (χ2n) is 1.79. The smallest absolute Gasteiger partial charge is 4.00 e. The van der Waals surface area contributed by atoms with Crippen LogP contribution in [0.4, 0.5) is 0 Å². The average molecular weight is 1100 g/mol. The van der Waals surface area contributed by atoms with E-state index in [4.69, 9.17) is 52.7 Å². The molecule has 0 aliphatic carbocycles. The summed E-state index contributed by atoms with van der Waals surface area (Å²) >= 11 is -24.4. The quantitative estimate of drug-likeness (QED) is 0.203. The van der Waals surface area contributed by atoms with Crippen LogP contribution in [0.1, 0.15) is 0 Å². The first-order chi connectivity index (χ1) is 8.00. The molecule has 0 unspecified atom stereocenters. The van der Waals surface area contributed by atoms with Crippen LogP contribution in [0.15, 0.2) is 0 Å².